The van der Waals surface area contributed by atoms with Gasteiger partial charge >= 0.3 is 0 Å². The molecule has 5 nitrogen and oxygen atoms in total. The van der Waals surface area contributed by atoms with Gasteiger partial charge in [-0.15, -0.1) is 24.0 Å². The van der Waals surface area contributed by atoms with E-state index in [0.29, 0.717) is 12.0 Å². The Hall–Kier alpha value is -0.0800. The van der Waals surface area contributed by atoms with Crippen molar-refractivity contribution in [3.8, 4) is 0 Å². The van der Waals surface area contributed by atoms with Gasteiger partial charge in [0.15, 0.2) is 5.96 Å². The lowest BCUT2D eigenvalue weighted by Crippen LogP contribution is -2.58. The van der Waals surface area contributed by atoms with Crippen molar-refractivity contribution in [1.82, 2.24) is 15.1 Å². The lowest BCUT2D eigenvalue weighted by Gasteiger charge is -2.49. The second-order valence-corrected chi connectivity index (χ2v) is 9.15. The van der Waals surface area contributed by atoms with E-state index in [2.05, 4.69) is 42.9 Å². The lowest BCUT2D eigenvalue weighted by atomic mass is 9.84. The molecule has 0 aliphatic carbocycles. The largest absolute Gasteiger partial charge is 0.370 e. The number of hydrogen-bond acceptors (Lipinski definition) is 3. The van der Waals surface area contributed by atoms with Crippen molar-refractivity contribution in [2.45, 2.75) is 83.7 Å². The number of aliphatic imine (C=N–C) groups is 1. The molecule has 2 aliphatic rings. The zero-order chi connectivity index (χ0) is 19.0. The summed E-state index contributed by atoms with van der Waals surface area (Å²) in [4.78, 5) is 10.0. The molecule has 160 valence electrons. The molecule has 6 heteroatoms. The first-order chi connectivity index (χ1) is 12.4. The number of rotatable bonds is 8. The van der Waals surface area contributed by atoms with Crippen LogP contribution in [0, 0.1) is 5.92 Å². The first-order valence-corrected chi connectivity index (χ1v) is 10.9. The first-order valence-electron chi connectivity index (χ1n) is 10.9. The van der Waals surface area contributed by atoms with Crippen LogP contribution in [0.15, 0.2) is 4.99 Å². The van der Waals surface area contributed by atoms with E-state index in [9.17, 15) is 0 Å². The average Bonchev–Trinajstić information content (AvgIpc) is 2.62. The fraction of sp³-hybridized carbons (Fsp3) is 0.952. The summed E-state index contributed by atoms with van der Waals surface area (Å²) in [5, 5.41) is 3.42. The Kier molecular flexibility index (Phi) is 11.5. The van der Waals surface area contributed by atoms with Gasteiger partial charge in [-0.25, -0.2) is 0 Å². The summed E-state index contributed by atoms with van der Waals surface area (Å²) >= 11 is 0. The third-order valence-electron chi connectivity index (χ3n) is 6.30. The van der Waals surface area contributed by atoms with E-state index in [-0.39, 0.29) is 29.5 Å². The molecule has 2 saturated heterocycles. The van der Waals surface area contributed by atoms with E-state index < -0.39 is 0 Å². The highest BCUT2D eigenvalue weighted by Crippen LogP contribution is 2.31. The quantitative estimate of drug-likeness (QED) is 0.308. The topological polar surface area (TPSA) is 56.9 Å². The molecule has 2 heterocycles. The predicted molar refractivity (Wildman–Crippen MR) is 128 cm³/mol. The zero-order valence-corrected chi connectivity index (χ0v) is 20.5. The molecular weight excluding hydrogens is 449 g/mol. The van der Waals surface area contributed by atoms with Crippen molar-refractivity contribution < 1.29 is 0 Å². The number of halogens is 1. The molecule has 2 rings (SSSR count). The van der Waals surface area contributed by atoms with Crippen LogP contribution in [-0.2, 0) is 0 Å². The van der Waals surface area contributed by atoms with E-state index in [1.54, 1.807) is 0 Å². The molecule has 0 radical (unpaired) electrons. The average molecular weight is 494 g/mol. The Balaban J connectivity index is 0.00000364. The SMILES string of the molecule is CC(C)CCCC(C)NC(N)=NCC1(N2CCCCC2)CCN(C)CC1.I. The lowest BCUT2D eigenvalue weighted by molar-refractivity contribution is 0.0208. The van der Waals surface area contributed by atoms with E-state index in [1.807, 2.05) is 0 Å². The van der Waals surface area contributed by atoms with Crippen molar-refractivity contribution >= 4 is 29.9 Å². The third-order valence-corrected chi connectivity index (χ3v) is 6.30. The van der Waals surface area contributed by atoms with Gasteiger partial charge in [-0.1, -0.05) is 33.1 Å². The van der Waals surface area contributed by atoms with Crippen molar-refractivity contribution in [3.63, 3.8) is 0 Å². The summed E-state index contributed by atoms with van der Waals surface area (Å²) in [5.41, 5.74) is 6.47. The third kappa shape index (κ3) is 8.44. The Labute approximate surface area is 184 Å². The maximum Gasteiger partial charge on any atom is 0.188 e. The number of guanidine groups is 1. The Morgan fingerprint density at radius 1 is 1.04 bits per heavy atom. The van der Waals surface area contributed by atoms with Crippen LogP contribution in [-0.4, -0.2) is 67.1 Å². The number of nitrogens with one attached hydrogen (secondary N) is 1. The summed E-state index contributed by atoms with van der Waals surface area (Å²) in [5.74, 6) is 1.42. The predicted octanol–water partition coefficient (Wildman–Crippen LogP) is 3.67. The van der Waals surface area contributed by atoms with Crippen molar-refractivity contribution in [2.75, 3.05) is 39.8 Å². The van der Waals surface area contributed by atoms with Gasteiger partial charge < -0.3 is 16.0 Å². The van der Waals surface area contributed by atoms with Gasteiger partial charge in [-0.05, 0) is 78.2 Å². The Morgan fingerprint density at radius 3 is 2.26 bits per heavy atom. The summed E-state index contributed by atoms with van der Waals surface area (Å²) in [6.07, 6.45) is 10.2. The number of nitrogens with zero attached hydrogens (tertiary/aromatic N) is 3. The molecule has 1 atom stereocenters. The second-order valence-electron chi connectivity index (χ2n) is 9.15. The fourth-order valence-electron chi connectivity index (χ4n) is 4.41. The minimum Gasteiger partial charge on any atom is -0.370 e. The van der Waals surface area contributed by atoms with Crippen LogP contribution < -0.4 is 11.1 Å². The first kappa shape index (κ1) is 25.0. The minimum absolute atomic E-state index is 0. The van der Waals surface area contributed by atoms with E-state index in [0.717, 1.165) is 18.9 Å². The molecule has 1 unspecified atom stereocenters. The standard InChI is InChI=1S/C21H43N5.HI/c1-18(2)9-8-10-19(3)24-20(22)23-17-21(11-15-25(4)16-12-21)26-13-6-5-7-14-26;/h18-19H,5-17H2,1-4H3,(H3,22,23,24);1H. The molecule has 0 aromatic rings. The van der Waals surface area contributed by atoms with Gasteiger partial charge in [0.25, 0.3) is 0 Å². The van der Waals surface area contributed by atoms with Crippen LogP contribution in [0.1, 0.15) is 72.1 Å². The minimum atomic E-state index is 0. The van der Waals surface area contributed by atoms with E-state index >= 15 is 0 Å². The molecule has 0 aromatic heterocycles. The Morgan fingerprint density at radius 2 is 1.67 bits per heavy atom. The van der Waals surface area contributed by atoms with Gasteiger partial charge in [-0.3, -0.25) is 9.89 Å². The van der Waals surface area contributed by atoms with Crippen molar-refractivity contribution in [3.05, 3.63) is 0 Å². The fourth-order valence-corrected chi connectivity index (χ4v) is 4.41. The van der Waals surface area contributed by atoms with Crippen molar-refractivity contribution in [1.29, 1.82) is 0 Å². The zero-order valence-electron chi connectivity index (χ0n) is 18.2. The molecule has 0 spiro atoms. The van der Waals surface area contributed by atoms with Crippen LogP contribution in [0.4, 0.5) is 0 Å². The molecule has 2 fully saturated rings. The summed E-state index contributed by atoms with van der Waals surface area (Å²) in [7, 11) is 2.23. The van der Waals surface area contributed by atoms with Crippen molar-refractivity contribution in [2.24, 2.45) is 16.6 Å². The normalized spacial score (nSPS) is 23.1. The summed E-state index contributed by atoms with van der Waals surface area (Å²) < 4.78 is 0. The van der Waals surface area contributed by atoms with Crippen LogP contribution in [0.25, 0.3) is 0 Å². The monoisotopic (exact) mass is 493 g/mol. The van der Waals surface area contributed by atoms with Gasteiger partial charge in [0, 0.05) is 11.6 Å². The number of nitrogens with two attached hydrogens (primary N) is 1. The number of piperidine rings is 2. The van der Waals surface area contributed by atoms with Gasteiger partial charge in [0.1, 0.15) is 0 Å². The summed E-state index contributed by atoms with van der Waals surface area (Å²) in [6.45, 7) is 12.5. The van der Waals surface area contributed by atoms with Gasteiger partial charge in [0.2, 0.25) is 0 Å². The van der Waals surface area contributed by atoms with Gasteiger partial charge in [-0.2, -0.15) is 0 Å². The van der Waals surface area contributed by atoms with Crippen LogP contribution >= 0.6 is 24.0 Å². The van der Waals surface area contributed by atoms with E-state index in [1.165, 1.54) is 71.1 Å². The van der Waals surface area contributed by atoms with Gasteiger partial charge in [0.05, 0.1) is 6.54 Å². The Bertz CT molecular complexity index is 426. The van der Waals surface area contributed by atoms with E-state index in [4.69, 9.17) is 10.7 Å². The van der Waals surface area contributed by atoms with Crippen LogP contribution in [0.5, 0.6) is 0 Å². The van der Waals surface area contributed by atoms with Crippen LogP contribution in [0.2, 0.25) is 0 Å². The number of hydrogen-bond donors (Lipinski definition) is 2. The molecule has 0 saturated carbocycles. The molecule has 27 heavy (non-hydrogen) atoms. The molecule has 2 aliphatic heterocycles. The molecule has 0 aromatic carbocycles. The second kappa shape index (κ2) is 12.5. The highest BCUT2D eigenvalue weighted by molar-refractivity contribution is 14.0. The highest BCUT2D eigenvalue weighted by Gasteiger charge is 2.39. The molecule has 3 N–H and O–H groups in total. The molecule has 0 amide bonds. The smallest absolute Gasteiger partial charge is 0.188 e. The molecule has 0 bridgehead atoms. The maximum atomic E-state index is 6.25. The summed E-state index contributed by atoms with van der Waals surface area (Å²) in [6, 6.07) is 0.404. The molecular formula is C21H44IN5. The maximum absolute atomic E-state index is 6.25. The highest BCUT2D eigenvalue weighted by atomic mass is 127. The number of likely N-dealkylation sites (tertiary alicyclic amines) is 2. The van der Waals surface area contributed by atoms with Crippen LogP contribution in [0.3, 0.4) is 0 Å².